The predicted octanol–water partition coefficient (Wildman–Crippen LogP) is 2.92. The maximum Gasteiger partial charge on any atom is 0.262 e. The summed E-state index contributed by atoms with van der Waals surface area (Å²) >= 11 is 0. The van der Waals surface area contributed by atoms with Crippen molar-refractivity contribution in [2.24, 2.45) is 0 Å². The second-order valence-electron chi connectivity index (χ2n) is 8.05. The number of amides is 1. The van der Waals surface area contributed by atoms with E-state index in [1.807, 2.05) is 43.3 Å². The van der Waals surface area contributed by atoms with Gasteiger partial charge in [0.1, 0.15) is 12.3 Å². The van der Waals surface area contributed by atoms with Crippen LogP contribution < -0.4 is 19.9 Å². The summed E-state index contributed by atoms with van der Waals surface area (Å²) in [6.45, 7) is 7.39. The maximum absolute atomic E-state index is 12.2. The van der Waals surface area contributed by atoms with Gasteiger partial charge in [-0.1, -0.05) is 48.5 Å². The Balaban J connectivity index is 1.24. The molecule has 0 unspecified atom stereocenters. The lowest BCUT2D eigenvalue weighted by Gasteiger charge is -2.33. The molecule has 0 spiro atoms. The van der Waals surface area contributed by atoms with Crippen LogP contribution in [0.3, 0.4) is 0 Å². The Morgan fingerprint density at radius 2 is 1.61 bits per heavy atom. The van der Waals surface area contributed by atoms with Crippen LogP contribution in [0.1, 0.15) is 11.1 Å². The zero-order valence-corrected chi connectivity index (χ0v) is 18.0. The summed E-state index contributed by atoms with van der Waals surface area (Å²) in [6, 6.07) is 26.5. The van der Waals surface area contributed by atoms with Crippen LogP contribution in [0.25, 0.3) is 0 Å². The number of nitrogens with zero attached hydrogens (tertiary/aromatic N) is 1. The zero-order valence-electron chi connectivity index (χ0n) is 18.0. The van der Waals surface area contributed by atoms with Gasteiger partial charge in [0.05, 0.1) is 26.2 Å². The number of carbonyl (C=O) groups excluding carboxylic acids is 1. The molecule has 0 radical (unpaired) electrons. The normalized spacial score (nSPS) is 14.3. The number of carbonyl (C=O) groups is 1. The molecule has 1 heterocycles. The number of para-hydroxylation sites is 1. The number of rotatable bonds is 7. The van der Waals surface area contributed by atoms with Crippen molar-refractivity contribution in [2.45, 2.75) is 13.5 Å². The average molecular weight is 417 g/mol. The molecule has 5 nitrogen and oxygen atoms in total. The summed E-state index contributed by atoms with van der Waals surface area (Å²) < 4.78 is 5.62. The van der Waals surface area contributed by atoms with Crippen molar-refractivity contribution >= 4 is 17.3 Å². The monoisotopic (exact) mass is 416 g/mol. The molecule has 3 aromatic rings. The third-order valence-corrected chi connectivity index (χ3v) is 5.74. The summed E-state index contributed by atoms with van der Waals surface area (Å²) in [5, 5.41) is 2.91. The molecule has 0 aromatic heterocycles. The van der Waals surface area contributed by atoms with E-state index in [4.69, 9.17) is 4.74 Å². The van der Waals surface area contributed by atoms with Crippen molar-refractivity contribution in [2.75, 3.05) is 43.0 Å². The van der Waals surface area contributed by atoms with E-state index in [1.165, 1.54) is 11.3 Å². The van der Waals surface area contributed by atoms with Crippen molar-refractivity contribution < 1.29 is 14.4 Å². The average Bonchev–Trinajstić information content (AvgIpc) is 2.80. The lowest BCUT2D eigenvalue weighted by Crippen LogP contribution is -3.13. The number of hydrogen-bond acceptors (Lipinski definition) is 3. The number of hydrogen-bond donors (Lipinski definition) is 2. The first-order valence-electron chi connectivity index (χ1n) is 10.9. The molecule has 160 valence electrons. The fourth-order valence-electron chi connectivity index (χ4n) is 3.96. The first-order chi connectivity index (χ1) is 15.2. The Morgan fingerprint density at radius 1 is 0.935 bits per heavy atom. The van der Waals surface area contributed by atoms with E-state index in [-0.39, 0.29) is 12.5 Å². The molecule has 0 bridgehead atoms. The summed E-state index contributed by atoms with van der Waals surface area (Å²) in [6.07, 6.45) is 0. The molecule has 1 aliphatic heterocycles. The lowest BCUT2D eigenvalue weighted by molar-refractivity contribution is -0.914. The molecule has 1 fully saturated rings. The molecule has 5 heteroatoms. The summed E-state index contributed by atoms with van der Waals surface area (Å²) in [7, 11) is 0. The Bertz CT molecular complexity index is 981. The molecule has 3 aromatic carbocycles. The van der Waals surface area contributed by atoms with E-state index in [2.05, 4.69) is 52.7 Å². The van der Waals surface area contributed by atoms with Crippen molar-refractivity contribution in [3.05, 3.63) is 90.0 Å². The second-order valence-corrected chi connectivity index (χ2v) is 8.05. The quantitative estimate of drug-likeness (QED) is 0.623. The highest BCUT2D eigenvalue weighted by molar-refractivity contribution is 5.92. The van der Waals surface area contributed by atoms with Crippen LogP contribution in [-0.2, 0) is 11.3 Å². The highest BCUT2D eigenvalue weighted by atomic mass is 16.5. The lowest BCUT2D eigenvalue weighted by atomic mass is 10.2. The van der Waals surface area contributed by atoms with Gasteiger partial charge in [0.2, 0.25) is 0 Å². The van der Waals surface area contributed by atoms with Gasteiger partial charge < -0.3 is 19.9 Å². The van der Waals surface area contributed by atoms with Crippen LogP contribution in [-0.4, -0.2) is 38.7 Å². The van der Waals surface area contributed by atoms with E-state index in [0.29, 0.717) is 0 Å². The van der Waals surface area contributed by atoms with Crippen LogP contribution in [0.15, 0.2) is 78.9 Å². The molecular weight excluding hydrogens is 386 g/mol. The molecule has 0 atom stereocenters. The van der Waals surface area contributed by atoms with Crippen molar-refractivity contribution in [3.8, 4) is 5.75 Å². The van der Waals surface area contributed by atoms with Gasteiger partial charge in [-0.05, 0) is 42.8 Å². The Hall–Kier alpha value is -3.31. The summed E-state index contributed by atoms with van der Waals surface area (Å²) in [5.41, 5.74) is 4.41. The molecule has 1 saturated heterocycles. The van der Waals surface area contributed by atoms with Gasteiger partial charge in [-0.2, -0.15) is 0 Å². The molecule has 31 heavy (non-hydrogen) atoms. The van der Waals surface area contributed by atoms with Gasteiger partial charge in [-0.3, -0.25) is 4.79 Å². The molecule has 4 rings (SSSR count). The minimum absolute atomic E-state index is 0.00123. The number of benzene rings is 3. The highest BCUT2D eigenvalue weighted by Crippen LogP contribution is 2.19. The third-order valence-electron chi connectivity index (χ3n) is 5.74. The molecule has 2 N–H and O–H groups in total. The molecule has 0 saturated carbocycles. The first kappa shape index (κ1) is 20.9. The molecule has 1 amide bonds. The minimum atomic E-state index is -0.158. The topological polar surface area (TPSA) is 46.0 Å². The van der Waals surface area contributed by atoms with Gasteiger partial charge >= 0.3 is 0 Å². The third kappa shape index (κ3) is 5.86. The van der Waals surface area contributed by atoms with E-state index >= 15 is 0 Å². The smallest absolute Gasteiger partial charge is 0.262 e. The number of nitrogens with one attached hydrogen (secondary N) is 2. The largest absolute Gasteiger partial charge is 0.483 e. The number of piperazine rings is 1. The van der Waals surface area contributed by atoms with Crippen molar-refractivity contribution in [1.82, 2.24) is 0 Å². The highest BCUT2D eigenvalue weighted by Gasteiger charge is 2.20. The fourth-order valence-corrected chi connectivity index (χ4v) is 3.96. The number of ether oxygens (including phenoxy) is 1. The molecule has 0 aliphatic carbocycles. The maximum atomic E-state index is 12.2. The zero-order chi connectivity index (χ0) is 21.5. The Morgan fingerprint density at radius 3 is 2.32 bits per heavy atom. The standard InChI is InChI=1S/C26H29N3O2/c1-21-7-5-6-10-25(21)31-20-26(30)27-23-11-13-24(14-12-23)29-17-15-28(16-18-29)19-22-8-3-2-4-9-22/h2-14H,15-20H2,1H3,(H,27,30)/p+1. The van der Waals surface area contributed by atoms with E-state index in [1.54, 1.807) is 4.90 Å². The van der Waals surface area contributed by atoms with Crippen LogP contribution in [0.2, 0.25) is 0 Å². The number of quaternary nitrogens is 1. The minimum Gasteiger partial charge on any atom is -0.483 e. The number of anilines is 2. The van der Waals surface area contributed by atoms with Crippen molar-refractivity contribution in [3.63, 3.8) is 0 Å². The van der Waals surface area contributed by atoms with Gasteiger partial charge in [-0.15, -0.1) is 0 Å². The SMILES string of the molecule is Cc1ccccc1OCC(=O)Nc1ccc(N2CC[NH+](Cc3ccccc3)CC2)cc1. The van der Waals surface area contributed by atoms with Crippen LogP contribution >= 0.6 is 0 Å². The van der Waals surface area contributed by atoms with Gasteiger partial charge in [-0.25, -0.2) is 0 Å². The predicted molar refractivity (Wildman–Crippen MR) is 125 cm³/mol. The summed E-state index contributed by atoms with van der Waals surface area (Å²) in [4.78, 5) is 16.3. The Kier molecular flexibility index (Phi) is 6.85. The first-order valence-corrected chi connectivity index (χ1v) is 10.9. The van der Waals surface area contributed by atoms with Crippen LogP contribution in [0.5, 0.6) is 5.75 Å². The summed E-state index contributed by atoms with van der Waals surface area (Å²) in [5.74, 6) is 0.579. The van der Waals surface area contributed by atoms with Gasteiger partial charge in [0.25, 0.3) is 5.91 Å². The van der Waals surface area contributed by atoms with Gasteiger partial charge in [0, 0.05) is 16.9 Å². The van der Waals surface area contributed by atoms with E-state index in [9.17, 15) is 4.79 Å². The Labute approximate surface area is 184 Å². The van der Waals surface area contributed by atoms with E-state index in [0.717, 1.165) is 49.7 Å². The fraction of sp³-hybridized carbons (Fsp3) is 0.269. The number of aryl methyl sites for hydroxylation is 1. The molecule has 1 aliphatic rings. The van der Waals surface area contributed by atoms with Gasteiger partial charge in [0.15, 0.2) is 6.61 Å². The van der Waals surface area contributed by atoms with E-state index < -0.39 is 0 Å². The van der Waals surface area contributed by atoms with Crippen LogP contribution in [0, 0.1) is 6.92 Å². The van der Waals surface area contributed by atoms with Crippen LogP contribution in [0.4, 0.5) is 11.4 Å². The molecular formula is C26H30N3O2+. The van der Waals surface area contributed by atoms with Crippen molar-refractivity contribution in [1.29, 1.82) is 0 Å². The second kappa shape index (κ2) is 10.1.